The van der Waals surface area contributed by atoms with Crippen molar-refractivity contribution < 1.29 is 14.3 Å². The van der Waals surface area contributed by atoms with E-state index in [0.717, 1.165) is 0 Å². The number of aromatic nitrogens is 1. The molecule has 0 aliphatic heterocycles. The van der Waals surface area contributed by atoms with E-state index in [0.29, 0.717) is 11.3 Å². The summed E-state index contributed by atoms with van der Waals surface area (Å²) in [6, 6.07) is 5.54. The Morgan fingerprint density at radius 3 is 2.83 bits per heavy atom. The van der Waals surface area contributed by atoms with Crippen molar-refractivity contribution in [1.82, 2.24) is 10.3 Å². The van der Waals surface area contributed by atoms with Crippen molar-refractivity contribution in [3.63, 3.8) is 0 Å². The number of carbonyl (C=O) groups is 1. The van der Waals surface area contributed by atoms with E-state index in [1.54, 1.807) is 38.3 Å². The highest BCUT2D eigenvalue weighted by atomic mass is 32.1. The maximum atomic E-state index is 13.1. The van der Waals surface area contributed by atoms with E-state index in [2.05, 4.69) is 22.1 Å². The number of nitrogens with zero attached hydrogens (tertiary/aromatic N) is 1. The molecule has 0 aliphatic carbocycles. The minimum atomic E-state index is -1.02. The molecule has 0 unspecified atom stereocenters. The summed E-state index contributed by atoms with van der Waals surface area (Å²) in [5.41, 5.74) is -0.0348. The van der Waals surface area contributed by atoms with E-state index in [9.17, 15) is 14.3 Å². The van der Waals surface area contributed by atoms with Crippen LogP contribution in [0, 0.1) is 17.7 Å². The molecule has 1 aromatic heterocycles. The molecule has 6 heteroatoms. The second kappa shape index (κ2) is 6.90. The van der Waals surface area contributed by atoms with Gasteiger partial charge >= 0.3 is 0 Å². The first kappa shape index (κ1) is 17.1. The molecule has 0 radical (unpaired) electrons. The van der Waals surface area contributed by atoms with Crippen LogP contribution in [0.3, 0.4) is 0 Å². The molecule has 23 heavy (non-hydrogen) atoms. The van der Waals surface area contributed by atoms with Gasteiger partial charge < -0.3 is 10.4 Å². The van der Waals surface area contributed by atoms with Crippen molar-refractivity contribution >= 4 is 17.2 Å². The first-order chi connectivity index (χ1) is 10.8. The number of thiazole rings is 1. The Morgan fingerprint density at radius 1 is 1.43 bits per heavy atom. The third-order valence-electron chi connectivity index (χ3n) is 3.27. The second-order valence-electron chi connectivity index (χ2n) is 5.65. The summed E-state index contributed by atoms with van der Waals surface area (Å²) in [7, 11) is 0. The lowest BCUT2D eigenvalue weighted by Gasteiger charge is -2.26. The molecule has 1 aromatic carbocycles. The van der Waals surface area contributed by atoms with Crippen LogP contribution in [0.4, 0.5) is 4.39 Å². The van der Waals surface area contributed by atoms with Crippen LogP contribution in [0.25, 0.3) is 0 Å². The molecular weight excluding hydrogens is 315 g/mol. The largest absolute Gasteiger partial charge is 0.388 e. The van der Waals surface area contributed by atoms with Crippen LogP contribution >= 0.6 is 11.3 Å². The molecule has 2 rings (SSSR count). The standard InChI is InChI=1S/C17H17FN2O2S/c1-11(17(2,3)22)19-15(21)16-20-14(10-23-16)8-7-12-5-4-6-13(18)9-12/h4-6,9-11,22H,1-3H3,(H,19,21)/t11-/m1/s1. The number of carbonyl (C=O) groups excluding carboxylic acids is 1. The lowest BCUT2D eigenvalue weighted by atomic mass is 10.0. The number of benzene rings is 1. The van der Waals surface area contributed by atoms with E-state index in [-0.39, 0.29) is 16.7 Å². The Hall–Kier alpha value is -2.23. The summed E-state index contributed by atoms with van der Waals surface area (Å²) in [4.78, 5) is 16.2. The summed E-state index contributed by atoms with van der Waals surface area (Å²) in [5, 5.41) is 14.5. The van der Waals surface area contributed by atoms with Gasteiger partial charge in [-0.25, -0.2) is 9.37 Å². The molecule has 0 aliphatic rings. The molecule has 2 aromatic rings. The van der Waals surface area contributed by atoms with Crippen molar-refractivity contribution in [2.45, 2.75) is 32.4 Å². The third-order valence-corrected chi connectivity index (χ3v) is 4.11. The lowest BCUT2D eigenvalue weighted by Crippen LogP contribution is -2.47. The van der Waals surface area contributed by atoms with Gasteiger partial charge in [-0.2, -0.15) is 0 Å². The zero-order chi connectivity index (χ0) is 17.0. The minimum Gasteiger partial charge on any atom is -0.388 e. The lowest BCUT2D eigenvalue weighted by molar-refractivity contribution is 0.0409. The Kier molecular flexibility index (Phi) is 5.14. The van der Waals surface area contributed by atoms with Crippen molar-refractivity contribution in [1.29, 1.82) is 0 Å². The first-order valence-electron chi connectivity index (χ1n) is 7.02. The van der Waals surface area contributed by atoms with Gasteiger partial charge in [0.1, 0.15) is 11.5 Å². The molecule has 1 atom stereocenters. The first-order valence-corrected chi connectivity index (χ1v) is 7.90. The summed E-state index contributed by atoms with van der Waals surface area (Å²) >= 11 is 1.17. The summed E-state index contributed by atoms with van der Waals surface area (Å²) in [5.74, 6) is 4.89. The zero-order valence-corrected chi connectivity index (χ0v) is 13.9. The number of hydrogen-bond donors (Lipinski definition) is 2. The van der Waals surface area contributed by atoms with E-state index in [1.165, 1.54) is 23.5 Å². The third kappa shape index (κ3) is 4.88. The molecule has 0 bridgehead atoms. The van der Waals surface area contributed by atoms with Gasteiger partial charge in [-0.15, -0.1) is 11.3 Å². The topological polar surface area (TPSA) is 62.2 Å². The number of aliphatic hydroxyl groups is 1. The van der Waals surface area contributed by atoms with Gasteiger partial charge in [-0.1, -0.05) is 12.0 Å². The number of nitrogens with one attached hydrogen (secondary N) is 1. The Bertz CT molecular complexity index is 769. The molecule has 120 valence electrons. The zero-order valence-electron chi connectivity index (χ0n) is 13.1. The predicted molar refractivity (Wildman–Crippen MR) is 87.7 cm³/mol. The minimum absolute atomic E-state index is 0.268. The smallest absolute Gasteiger partial charge is 0.280 e. The molecule has 1 amide bonds. The quantitative estimate of drug-likeness (QED) is 0.849. The van der Waals surface area contributed by atoms with Crippen molar-refractivity contribution in [2.24, 2.45) is 0 Å². The normalized spacial score (nSPS) is 12.2. The highest BCUT2D eigenvalue weighted by Crippen LogP contribution is 2.12. The average molecular weight is 332 g/mol. The van der Waals surface area contributed by atoms with Gasteiger partial charge in [0.25, 0.3) is 5.91 Å². The van der Waals surface area contributed by atoms with E-state index < -0.39 is 11.6 Å². The number of amides is 1. The molecule has 0 spiro atoms. The maximum Gasteiger partial charge on any atom is 0.280 e. The fourth-order valence-electron chi connectivity index (χ4n) is 1.57. The molecular formula is C17H17FN2O2S. The van der Waals surface area contributed by atoms with Crippen LogP contribution in [0.1, 0.15) is 41.8 Å². The van der Waals surface area contributed by atoms with E-state index >= 15 is 0 Å². The molecule has 2 N–H and O–H groups in total. The summed E-state index contributed by atoms with van der Waals surface area (Å²) < 4.78 is 13.1. The molecule has 0 saturated heterocycles. The molecule has 0 fully saturated rings. The van der Waals surface area contributed by atoms with Gasteiger partial charge in [0.05, 0.1) is 11.6 Å². The number of halogens is 1. The van der Waals surface area contributed by atoms with Gasteiger partial charge in [-0.05, 0) is 44.9 Å². The van der Waals surface area contributed by atoms with Crippen LogP contribution in [0.15, 0.2) is 29.6 Å². The maximum absolute atomic E-state index is 13.1. The average Bonchev–Trinajstić information content (AvgIpc) is 2.93. The molecule has 0 saturated carbocycles. The van der Waals surface area contributed by atoms with Crippen molar-refractivity contribution in [3.05, 3.63) is 51.7 Å². The van der Waals surface area contributed by atoms with Crippen molar-refractivity contribution in [2.75, 3.05) is 0 Å². The van der Waals surface area contributed by atoms with Gasteiger partial charge in [0.2, 0.25) is 0 Å². The van der Waals surface area contributed by atoms with Crippen LogP contribution < -0.4 is 5.32 Å². The fraction of sp³-hybridized carbons (Fsp3) is 0.294. The van der Waals surface area contributed by atoms with Gasteiger partial charge in [0.15, 0.2) is 5.01 Å². The Labute approximate surface area is 138 Å². The fourth-order valence-corrected chi connectivity index (χ4v) is 2.22. The predicted octanol–water partition coefficient (Wildman–Crippen LogP) is 2.57. The Balaban J connectivity index is 2.08. The monoisotopic (exact) mass is 332 g/mol. The van der Waals surface area contributed by atoms with Crippen LogP contribution in [0.5, 0.6) is 0 Å². The highest BCUT2D eigenvalue weighted by Gasteiger charge is 2.25. The van der Waals surface area contributed by atoms with Crippen LogP contribution in [-0.4, -0.2) is 27.6 Å². The Morgan fingerprint density at radius 2 is 2.17 bits per heavy atom. The summed E-state index contributed by atoms with van der Waals surface area (Å²) in [6.07, 6.45) is 0. The molecule has 1 heterocycles. The second-order valence-corrected chi connectivity index (χ2v) is 6.51. The highest BCUT2D eigenvalue weighted by molar-refractivity contribution is 7.11. The van der Waals surface area contributed by atoms with Crippen LogP contribution in [0.2, 0.25) is 0 Å². The number of hydrogen-bond acceptors (Lipinski definition) is 4. The van der Waals surface area contributed by atoms with Gasteiger partial charge in [0, 0.05) is 10.9 Å². The summed E-state index contributed by atoms with van der Waals surface area (Å²) in [6.45, 7) is 4.96. The van der Waals surface area contributed by atoms with Crippen LogP contribution in [-0.2, 0) is 0 Å². The number of rotatable bonds is 3. The molecule has 4 nitrogen and oxygen atoms in total. The van der Waals surface area contributed by atoms with E-state index in [1.807, 2.05) is 0 Å². The SMILES string of the molecule is C[C@@H](NC(=O)c1nc(C#Cc2cccc(F)c2)cs1)C(C)(C)O. The van der Waals surface area contributed by atoms with Crippen molar-refractivity contribution in [3.8, 4) is 11.8 Å². The van der Waals surface area contributed by atoms with Gasteiger partial charge in [-0.3, -0.25) is 4.79 Å². The van der Waals surface area contributed by atoms with E-state index in [4.69, 9.17) is 0 Å².